The highest BCUT2D eigenvalue weighted by Gasteiger charge is 2.46. The molecule has 0 aromatic heterocycles. The zero-order valence-corrected chi connectivity index (χ0v) is 14.0. The number of hydrogen-bond acceptors (Lipinski definition) is 1. The van der Waals surface area contributed by atoms with Crippen LogP contribution in [0.1, 0.15) is 35.2 Å². The molecule has 2 nitrogen and oxygen atoms in total. The number of benzene rings is 2. The van der Waals surface area contributed by atoms with E-state index in [1.54, 1.807) is 24.3 Å². The van der Waals surface area contributed by atoms with Crippen LogP contribution in [0.3, 0.4) is 0 Å². The summed E-state index contributed by atoms with van der Waals surface area (Å²) in [5.74, 6) is -0.544. The lowest BCUT2D eigenvalue weighted by Gasteiger charge is -2.36. The van der Waals surface area contributed by atoms with Gasteiger partial charge in [-0.3, -0.25) is 4.79 Å². The van der Waals surface area contributed by atoms with E-state index in [1.165, 1.54) is 0 Å². The number of piperidine rings is 1. The fourth-order valence-corrected chi connectivity index (χ4v) is 3.23. The monoisotopic (exact) mass is 347 g/mol. The van der Waals surface area contributed by atoms with Crippen LogP contribution in [0, 0.1) is 6.92 Å². The summed E-state index contributed by atoms with van der Waals surface area (Å²) in [5, 5.41) is 0. The Labute approximate surface area is 145 Å². The first-order chi connectivity index (χ1) is 11.9. The first-order valence-electron chi connectivity index (χ1n) is 8.41. The van der Waals surface area contributed by atoms with Crippen molar-refractivity contribution in [3.8, 4) is 11.1 Å². The van der Waals surface area contributed by atoms with Crippen LogP contribution in [0.2, 0.25) is 0 Å². The van der Waals surface area contributed by atoms with E-state index >= 15 is 0 Å². The minimum atomic E-state index is -4.38. The molecule has 5 heteroatoms. The summed E-state index contributed by atoms with van der Waals surface area (Å²) in [6.07, 6.45) is -3.28. The normalized spacial score (nSPS) is 18.2. The molecule has 1 atom stereocenters. The number of hydrogen-bond donors (Lipinski definition) is 0. The van der Waals surface area contributed by atoms with Gasteiger partial charge in [0.05, 0.1) is 0 Å². The Morgan fingerprint density at radius 3 is 2.08 bits per heavy atom. The fourth-order valence-electron chi connectivity index (χ4n) is 3.23. The highest BCUT2D eigenvalue weighted by molar-refractivity contribution is 5.95. The number of likely N-dealkylation sites (tertiary alicyclic amines) is 1. The topological polar surface area (TPSA) is 20.3 Å². The van der Waals surface area contributed by atoms with Gasteiger partial charge in [-0.15, -0.1) is 0 Å². The predicted molar refractivity (Wildman–Crippen MR) is 91.3 cm³/mol. The fraction of sp³-hybridized carbons (Fsp3) is 0.350. The third kappa shape index (κ3) is 3.86. The Morgan fingerprint density at radius 1 is 0.960 bits per heavy atom. The van der Waals surface area contributed by atoms with Gasteiger partial charge in [-0.1, -0.05) is 42.0 Å². The first kappa shape index (κ1) is 17.5. The second kappa shape index (κ2) is 6.90. The van der Waals surface area contributed by atoms with E-state index < -0.39 is 18.1 Å². The summed E-state index contributed by atoms with van der Waals surface area (Å²) in [6, 6.07) is 13.1. The third-order valence-electron chi connectivity index (χ3n) is 4.66. The number of halogens is 3. The van der Waals surface area contributed by atoms with Crippen molar-refractivity contribution < 1.29 is 18.0 Å². The third-order valence-corrected chi connectivity index (χ3v) is 4.66. The zero-order chi connectivity index (χ0) is 18.0. The van der Waals surface area contributed by atoms with Gasteiger partial charge < -0.3 is 4.90 Å². The van der Waals surface area contributed by atoms with Crippen molar-refractivity contribution in [1.29, 1.82) is 0 Å². The molecule has 1 fully saturated rings. The van der Waals surface area contributed by atoms with Crippen LogP contribution >= 0.6 is 0 Å². The van der Waals surface area contributed by atoms with E-state index in [4.69, 9.17) is 0 Å². The van der Waals surface area contributed by atoms with Gasteiger partial charge in [0, 0.05) is 12.1 Å². The first-order valence-corrected chi connectivity index (χ1v) is 8.41. The van der Waals surface area contributed by atoms with E-state index in [9.17, 15) is 18.0 Å². The Morgan fingerprint density at radius 2 is 1.52 bits per heavy atom. The van der Waals surface area contributed by atoms with Crippen molar-refractivity contribution in [2.75, 3.05) is 6.54 Å². The highest BCUT2D eigenvalue weighted by atomic mass is 19.4. The zero-order valence-electron chi connectivity index (χ0n) is 14.0. The van der Waals surface area contributed by atoms with Gasteiger partial charge in [-0.2, -0.15) is 13.2 Å². The lowest BCUT2D eigenvalue weighted by molar-refractivity contribution is -0.183. The van der Waals surface area contributed by atoms with Crippen molar-refractivity contribution in [2.45, 2.75) is 38.4 Å². The lowest BCUT2D eigenvalue weighted by atomic mass is 9.99. The summed E-state index contributed by atoms with van der Waals surface area (Å²) in [5.41, 5.74) is 3.39. The number of carbonyl (C=O) groups is 1. The molecule has 1 amide bonds. The molecule has 25 heavy (non-hydrogen) atoms. The maximum atomic E-state index is 13.2. The lowest BCUT2D eigenvalue weighted by Crippen LogP contribution is -2.51. The number of carbonyl (C=O) groups excluding carboxylic acids is 1. The van der Waals surface area contributed by atoms with Gasteiger partial charge in [0.15, 0.2) is 0 Å². The molecule has 0 spiro atoms. The smallest absolute Gasteiger partial charge is 0.327 e. The second-order valence-electron chi connectivity index (χ2n) is 6.50. The van der Waals surface area contributed by atoms with Gasteiger partial charge in [0.2, 0.25) is 0 Å². The molecule has 0 N–H and O–H groups in total. The molecule has 0 aliphatic carbocycles. The van der Waals surface area contributed by atoms with Crippen molar-refractivity contribution in [2.24, 2.45) is 0 Å². The van der Waals surface area contributed by atoms with Crippen molar-refractivity contribution in [3.05, 3.63) is 59.7 Å². The van der Waals surface area contributed by atoms with Crippen LogP contribution in [-0.2, 0) is 0 Å². The van der Waals surface area contributed by atoms with Crippen LogP contribution in [0.25, 0.3) is 11.1 Å². The molecular weight excluding hydrogens is 327 g/mol. The molecule has 3 rings (SSSR count). The number of aryl methyl sites for hydroxylation is 1. The van der Waals surface area contributed by atoms with Crippen molar-refractivity contribution in [3.63, 3.8) is 0 Å². The maximum absolute atomic E-state index is 13.2. The van der Waals surface area contributed by atoms with E-state index in [1.807, 2.05) is 31.2 Å². The summed E-state index contributed by atoms with van der Waals surface area (Å²) in [6.45, 7) is 2.16. The molecule has 1 unspecified atom stereocenters. The standard InChI is InChI=1S/C20H20F3NO/c1-14-5-7-15(8-6-14)16-9-11-17(12-10-16)19(25)24-13-3-2-4-18(24)20(21,22)23/h5-12,18H,2-4,13H2,1H3. The molecule has 1 aliphatic heterocycles. The minimum Gasteiger partial charge on any atom is -0.327 e. The SMILES string of the molecule is Cc1ccc(-c2ccc(C(=O)N3CCCCC3C(F)(F)F)cc2)cc1. The van der Waals surface area contributed by atoms with Crippen LogP contribution < -0.4 is 0 Å². The molecule has 132 valence electrons. The average molecular weight is 347 g/mol. The highest BCUT2D eigenvalue weighted by Crippen LogP contribution is 2.33. The minimum absolute atomic E-state index is 0.0172. The largest absolute Gasteiger partial charge is 0.408 e. The summed E-state index contributed by atoms with van der Waals surface area (Å²) >= 11 is 0. The summed E-state index contributed by atoms with van der Waals surface area (Å²) in [7, 11) is 0. The van der Waals surface area contributed by atoms with Crippen molar-refractivity contribution in [1.82, 2.24) is 4.90 Å². The number of nitrogens with zero attached hydrogens (tertiary/aromatic N) is 1. The number of amides is 1. The Kier molecular flexibility index (Phi) is 4.84. The maximum Gasteiger partial charge on any atom is 0.408 e. The van der Waals surface area contributed by atoms with E-state index in [-0.39, 0.29) is 13.0 Å². The van der Waals surface area contributed by atoms with Crippen molar-refractivity contribution >= 4 is 5.91 Å². The summed E-state index contributed by atoms with van der Waals surface area (Å²) < 4.78 is 39.6. The second-order valence-corrected chi connectivity index (χ2v) is 6.50. The van der Waals surface area contributed by atoms with E-state index in [0.29, 0.717) is 18.4 Å². The van der Waals surface area contributed by atoms with Crippen LogP contribution in [-0.4, -0.2) is 29.6 Å². The molecule has 2 aromatic rings. The molecule has 0 radical (unpaired) electrons. The Hall–Kier alpha value is -2.30. The number of alkyl halides is 3. The van der Waals surface area contributed by atoms with Gasteiger partial charge in [0.1, 0.15) is 6.04 Å². The molecule has 1 saturated heterocycles. The van der Waals surface area contributed by atoms with Gasteiger partial charge >= 0.3 is 6.18 Å². The molecule has 2 aromatic carbocycles. The number of rotatable bonds is 2. The van der Waals surface area contributed by atoms with E-state index in [0.717, 1.165) is 21.6 Å². The van der Waals surface area contributed by atoms with Crippen LogP contribution in [0.5, 0.6) is 0 Å². The molecule has 1 aliphatic rings. The van der Waals surface area contributed by atoms with Gasteiger partial charge in [0.25, 0.3) is 5.91 Å². The average Bonchev–Trinajstić information content (AvgIpc) is 2.61. The van der Waals surface area contributed by atoms with Gasteiger partial charge in [-0.05, 0) is 49.4 Å². The Balaban J connectivity index is 1.81. The molecular formula is C20H20F3NO. The van der Waals surface area contributed by atoms with Crippen LogP contribution in [0.4, 0.5) is 13.2 Å². The molecule has 0 saturated carbocycles. The Bertz CT molecular complexity index is 735. The quantitative estimate of drug-likeness (QED) is 0.729. The summed E-state index contributed by atoms with van der Waals surface area (Å²) in [4.78, 5) is 13.6. The molecule has 1 heterocycles. The van der Waals surface area contributed by atoms with E-state index in [2.05, 4.69) is 0 Å². The molecule has 0 bridgehead atoms. The van der Waals surface area contributed by atoms with Crippen LogP contribution in [0.15, 0.2) is 48.5 Å². The van der Waals surface area contributed by atoms with Gasteiger partial charge in [-0.25, -0.2) is 0 Å². The predicted octanol–water partition coefficient (Wildman–Crippen LogP) is 5.22.